The molecule has 0 aliphatic rings. The van der Waals surface area contributed by atoms with E-state index in [1.54, 1.807) is 0 Å². The molecule has 0 fully saturated rings. The average Bonchev–Trinajstić information content (AvgIpc) is 2.72. The van der Waals surface area contributed by atoms with E-state index in [2.05, 4.69) is 31.2 Å². The van der Waals surface area contributed by atoms with Crippen LogP contribution in [-0.2, 0) is 6.54 Å². The third kappa shape index (κ3) is 4.33. The quantitative estimate of drug-likeness (QED) is 0.747. The monoisotopic (exact) mass is 226 g/mol. The van der Waals surface area contributed by atoms with Crippen molar-refractivity contribution in [3.05, 3.63) is 17.5 Å². The number of hydrogen-bond acceptors (Lipinski definition) is 4. The molecule has 1 aromatic rings. The molecule has 16 heavy (non-hydrogen) atoms. The second-order valence-electron chi connectivity index (χ2n) is 4.52. The Kier molecular flexibility index (Phi) is 5.49. The van der Waals surface area contributed by atoms with Crippen LogP contribution in [0.15, 0.2) is 10.6 Å². The molecule has 1 unspecified atom stereocenters. The highest BCUT2D eigenvalue weighted by Gasteiger charge is 2.08. The third-order valence-corrected chi connectivity index (χ3v) is 2.59. The van der Waals surface area contributed by atoms with Gasteiger partial charge in [-0.1, -0.05) is 19.0 Å². The van der Waals surface area contributed by atoms with Crippen LogP contribution in [0, 0.1) is 0 Å². The van der Waals surface area contributed by atoms with Crippen LogP contribution in [0.1, 0.15) is 51.0 Å². The zero-order valence-corrected chi connectivity index (χ0v) is 10.4. The smallest absolute Gasteiger partial charge is 0.150 e. The first-order chi connectivity index (χ1) is 7.63. The van der Waals surface area contributed by atoms with Crippen LogP contribution in [0.2, 0.25) is 0 Å². The minimum absolute atomic E-state index is 0.256. The highest BCUT2D eigenvalue weighted by molar-refractivity contribution is 5.08. The van der Waals surface area contributed by atoms with Gasteiger partial charge in [0.2, 0.25) is 0 Å². The fraction of sp³-hybridized carbons (Fsp3) is 0.750. The van der Waals surface area contributed by atoms with Gasteiger partial charge in [-0.3, -0.25) is 0 Å². The van der Waals surface area contributed by atoms with Crippen LogP contribution in [0.5, 0.6) is 0 Å². The summed E-state index contributed by atoms with van der Waals surface area (Å²) in [6.45, 7) is 7.26. The van der Waals surface area contributed by atoms with Gasteiger partial charge < -0.3 is 14.9 Å². The third-order valence-electron chi connectivity index (χ3n) is 2.59. The molecule has 1 aromatic heterocycles. The van der Waals surface area contributed by atoms with E-state index < -0.39 is 0 Å². The van der Waals surface area contributed by atoms with Gasteiger partial charge in [-0.15, -0.1) is 0 Å². The number of aromatic nitrogens is 1. The largest absolute Gasteiger partial charge is 0.396 e. The maximum atomic E-state index is 8.71. The van der Waals surface area contributed by atoms with Crippen molar-refractivity contribution < 1.29 is 9.63 Å². The number of nitrogens with one attached hydrogen (secondary N) is 1. The predicted molar refractivity (Wildman–Crippen MR) is 63.2 cm³/mol. The van der Waals surface area contributed by atoms with Gasteiger partial charge in [-0.05, 0) is 25.7 Å². The molecule has 0 aliphatic carbocycles. The molecule has 4 nitrogen and oxygen atoms in total. The zero-order chi connectivity index (χ0) is 12.0. The number of rotatable bonds is 7. The summed E-state index contributed by atoms with van der Waals surface area (Å²) >= 11 is 0. The van der Waals surface area contributed by atoms with E-state index in [0.717, 1.165) is 24.3 Å². The molecule has 0 spiro atoms. The number of nitrogens with zero attached hydrogens (tertiary/aromatic N) is 1. The van der Waals surface area contributed by atoms with Crippen molar-refractivity contribution in [2.24, 2.45) is 0 Å². The summed E-state index contributed by atoms with van der Waals surface area (Å²) in [4.78, 5) is 0. The van der Waals surface area contributed by atoms with Gasteiger partial charge in [0.25, 0.3) is 0 Å². The van der Waals surface area contributed by atoms with Crippen molar-refractivity contribution in [2.45, 2.75) is 52.1 Å². The Morgan fingerprint density at radius 2 is 2.19 bits per heavy atom. The molecule has 0 aromatic carbocycles. The number of aliphatic hydroxyl groups is 1. The minimum Gasteiger partial charge on any atom is -0.396 e. The van der Waals surface area contributed by atoms with E-state index in [-0.39, 0.29) is 6.61 Å². The maximum absolute atomic E-state index is 8.71. The molecule has 0 saturated carbocycles. The van der Waals surface area contributed by atoms with Crippen molar-refractivity contribution in [2.75, 3.05) is 6.61 Å². The van der Waals surface area contributed by atoms with Gasteiger partial charge in [0.1, 0.15) is 0 Å². The Morgan fingerprint density at radius 3 is 2.75 bits per heavy atom. The van der Waals surface area contributed by atoms with Gasteiger partial charge >= 0.3 is 0 Å². The highest BCUT2D eigenvalue weighted by atomic mass is 16.5. The molecule has 92 valence electrons. The fourth-order valence-corrected chi connectivity index (χ4v) is 1.46. The second-order valence-corrected chi connectivity index (χ2v) is 4.52. The standard InChI is InChI=1S/C12H22N2O2/c1-9(2)12-7-11(16-14-12)8-13-10(3)5-4-6-15/h7,9-10,13,15H,4-6,8H2,1-3H3. The van der Waals surface area contributed by atoms with Crippen LogP contribution in [0.3, 0.4) is 0 Å². The summed E-state index contributed by atoms with van der Waals surface area (Å²) in [5, 5.41) is 16.1. The first kappa shape index (κ1) is 13.2. The lowest BCUT2D eigenvalue weighted by atomic mass is 10.1. The SMILES string of the molecule is CC(CCCO)NCc1cc(C(C)C)no1. The average molecular weight is 226 g/mol. The fourth-order valence-electron chi connectivity index (χ4n) is 1.46. The summed E-state index contributed by atoms with van der Waals surface area (Å²) in [5.41, 5.74) is 1.000. The molecule has 1 atom stereocenters. The molecular formula is C12H22N2O2. The van der Waals surface area contributed by atoms with Crippen LogP contribution < -0.4 is 5.32 Å². The summed E-state index contributed by atoms with van der Waals surface area (Å²) in [5.74, 6) is 1.28. The Balaban J connectivity index is 2.31. The van der Waals surface area contributed by atoms with E-state index in [4.69, 9.17) is 9.63 Å². The molecule has 1 heterocycles. The predicted octanol–water partition coefficient (Wildman–Crippen LogP) is 2.05. The van der Waals surface area contributed by atoms with Crippen LogP contribution in [-0.4, -0.2) is 22.9 Å². The summed E-state index contributed by atoms with van der Waals surface area (Å²) in [6.07, 6.45) is 1.81. The van der Waals surface area contributed by atoms with Gasteiger partial charge in [0.15, 0.2) is 5.76 Å². The first-order valence-electron chi connectivity index (χ1n) is 5.93. The maximum Gasteiger partial charge on any atom is 0.150 e. The van der Waals surface area contributed by atoms with Crippen molar-refractivity contribution in [1.29, 1.82) is 0 Å². The lowest BCUT2D eigenvalue weighted by Gasteiger charge is -2.10. The van der Waals surface area contributed by atoms with E-state index in [1.807, 2.05) is 6.07 Å². The Morgan fingerprint density at radius 1 is 1.44 bits per heavy atom. The van der Waals surface area contributed by atoms with Crippen LogP contribution in [0.4, 0.5) is 0 Å². The van der Waals surface area contributed by atoms with E-state index >= 15 is 0 Å². The normalized spacial score (nSPS) is 13.3. The van der Waals surface area contributed by atoms with Crippen molar-refractivity contribution in [3.63, 3.8) is 0 Å². The van der Waals surface area contributed by atoms with Crippen LogP contribution >= 0.6 is 0 Å². The van der Waals surface area contributed by atoms with E-state index in [0.29, 0.717) is 18.5 Å². The Labute approximate surface area is 97.0 Å². The molecule has 0 bridgehead atoms. The lowest BCUT2D eigenvalue weighted by molar-refractivity contribution is 0.275. The molecule has 0 saturated heterocycles. The zero-order valence-electron chi connectivity index (χ0n) is 10.4. The molecule has 0 amide bonds. The molecule has 1 rings (SSSR count). The summed E-state index contributed by atoms with van der Waals surface area (Å²) in [6, 6.07) is 2.39. The van der Waals surface area contributed by atoms with Gasteiger partial charge in [0, 0.05) is 18.7 Å². The number of hydrogen-bond donors (Lipinski definition) is 2. The Bertz CT molecular complexity index is 297. The summed E-state index contributed by atoms with van der Waals surface area (Å²) < 4.78 is 5.22. The van der Waals surface area contributed by atoms with E-state index in [9.17, 15) is 0 Å². The molecule has 0 aliphatic heterocycles. The van der Waals surface area contributed by atoms with Gasteiger partial charge in [-0.25, -0.2) is 0 Å². The number of aliphatic hydroxyl groups excluding tert-OH is 1. The summed E-state index contributed by atoms with van der Waals surface area (Å²) in [7, 11) is 0. The minimum atomic E-state index is 0.256. The molecule has 4 heteroatoms. The van der Waals surface area contributed by atoms with E-state index in [1.165, 1.54) is 0 Å². The first-order valence-corrected chi connectivity index (χ1v) is 5.93. The van der Waals surface area contributed by atoms with Crippen molar-refractivity contribution in [1.82, 2.24) is 10.5 Å². The highest BCUT2D eigenvalue weighted by Crippen LogP contribution is 2.13. The lowest BCUT2D eigenvalue weighted by Crippen LogP contribution is -2.25. The van der Waals surface area contributed by atoms with Crippen molar-refractivity contribution >= 4 is 0 Å². The van der Waals surface area contributed by atoms with Gasteiger partial charge in [0.05, 0.1) is 12.2 Å². The second kappa shape index (κ2) is 6.66. The van der Waals surface area contributed by atoms with Gasteiger partial charge in [-0.2, -0.15) is 0 Å². The molecule has 2 N–H and O–H groups in total. The van der Waals surface area contributed by atoms with Crippen LogP contribution in [0.25, 0.3) is 0 Å². The molecular weight excluding hydrogens is 204 g/mol. The van der Waals surface area contributed by atoms with Crippen molar-refractivity contribution in [3.8, 4) is 0 Å². The molecule has 0 radical (unpaired) electrons. The Hall–Kier alpha value is -0.870. The topological polar surface area (TPSA) is 58.3 Å².